The third kappa shape index (κ3) is 5.76. The number of carbonyl (C=O) groups is 1. The molecule has 0 spiro atoms. The van der Waals surface area contributed by atoms with Crippen LogP contribution in [0.25, 0.3) is 0 Å². The molecule has 1 aliphatic carbocycles. The number of carbonyl (C=O) groups excluding carboxylic acids is 1. The topological polar surface area (TPSA) is 50.4 Å². The molecule has 1 amide bonds. The molecule has 0 aliphatic heterocycles. The molecule has 21 heavy (non-hydrogen) atoms. The Morgan fingerprint density at radius 2 is 2.00 bits per heavy atom. The molecular formula is C17H26N2O2. The van der Waals surface area contributed by atoms with Crippen molar-refractivity contribution in [2.75, 3.05) is 20.2 Å². The van der Waals surface area contributed by atoms with Gasteiger partial charge in [-0.3, -0.25) is 4.79 Å². The van der Waals surface area contributed by atoms with Crippen molar-refractivity contribution in [3.8, 4) is 5.75 Å². The second-order valence-electron chi connectivity index (χ2n) is 5.81. The van der Waals surface area contributed by atoms with Crippen molar-refractivity contribution in [2.45, 2.75) is 38.6 Å². The van der Waals surface area contributed by atoms with Crippen molar-refractivity contribution >= 4 is 5.91 Å². The molecule has 0 saturated heterocycles. The lowest BCUT2D eigenvalue weighted by atomic mass is 10.1. The van der Waals surface area contributed by atoms with Gasteiger partial charge in [-0.05, 0) is 50.3 Å². The average Bonchev–Trinajstić information content (AvgIpc) is 3.34. The van der Waals surface area contributed by atoms with Crippen LogP contribution in [0.1, 0.15) is 31.7 Å². The molecular weight excluding hydrogens is 264 g/mol. The fraction of sp³-hybridized carbons (Fsp3) is 0.588. The van der Waals surface area contributed by atoms with E-state index in [1.165, 1.54) is 5.56 Å². The van der Waals surface area contributed by atoms with E-state index in [1.807, 2.05) is 12.1 Å². The minimum absolute atomic E-state index is 0.225. The molecule has 1 unspecified atom stereocenters. The van der Waals surface area contributed by atoms with E-state index in [-0.39, 0.29) is 5.91 Å². The largest absolute Gasteiger partial charge is 0.497 e. The fourth-order valence-corrected chi connectivity index (χ4v) is 2.27. The summed E-state index contributed by atoms with van der Waals surface area (Å²) in [5.41, 5.74) is 1.33. The summed E-state index contributed by atoms with van der Waals surface area (Å²) in [4.78, 5) is 11.5. The summed E-state index contributed by atoms with van der Waals surface area (Å²) in [5.74, 6) is 1.43. The molecule has 4 heteroatoms. The van der Waals surface area contributed by atoms with Gasteiger partial charge in [0.2, 0.25) is 5.91 Å². The Bertz CT molecular complexity index is 441. The second-order valence-corrected chi connectivity index (χ2v) is 5.81. The highest BCUT2D eigenvalue weighted by Gasteiger charge is 2.28. The van der Waals surface area contributed by atoms with Crippen LogP contribution >= 0.6 is 0 Å². The van der Waals surface area contributed by atoms with E-state index in [1.54, 1.807) is 7.11 Å². The number of rotatable bonds is 9. The normalized spacial score (nSPS) is 15.5. The molecule has 0 aromatic heterocycles. The number of ether oxygens (including phenoxy) is 1. The Labute approximate surface area is 127 Å². The van der Waals surface area contributed by atoms with E-state index < -0.39 is 0 Å². The number of amides is 1. The lowest BCUT2D eigenvalue weighted by Gasteiger charge is -2.14. The first-order valence-corrected chi connectivity index (χ1v) is 7.83. The van der Waals surface area contributed by atoms with Crippen molar-refractivity contribution < 1.29 is 9.53 Å². The lowest BCUT2D eigenvalue weighted by Crippen LogP contribution is -2.36. The molecule has 1 aliphatic rings. The monoisotopic (exact) mass is 290 g/mol. The second kappa shape index (κ2) is 8.03. The zero-order chi connectivity index (χ0) is 15.1. The molecule has 0 heterocycles. The van der Waals surface area contributed by atoms with Crippen LogP contribution in [0, 0.1) is 5.92 Å². The Hall–Kier alpha value is -1.55. The summed E-state index contributed by atoms with van der Waals surface area (Å²) in [6, 6.07) is 8.68. The smallest absolute Gasteiger partial charge is 0.223 e. The third-order valence-corrected chi connectivity index (χ3v) is 3.89. The predicted molar refractivity (Wildman–Crippen MR) is 84.5 cm³/mol. The van der Waals surface area contributed by atoms with Gasteiger partial charge in [0.1, 0.15) is 5.75 Å². The van der Waals surface area contributed by atoms with Crippen LogP contribution in [-0.2, 0) is 11.2 Å². The summed E-state index contributed by atoms with van der Waals surface area (Å²) in [6.45, 7) is 3.75. The number of methoxy groups -OCH3 is 1. The standard InChI is InChI=1S/C17H26N2O2/c1-13(18-11-12-19-17(20)15-7-8-15)3-4-14-5-9-16(21-2)10-6-14/h5-6,9-10,13,15,18H,3-4,7-8,11-12H2,1-2H3,(H,19,20). The van der Waals surface area contributed by atoms with Gasteiger partial charge < -0.3 is 15.4 Å². The van der Waals surface area contributed by atoms with Crippen LogP contribution in [0.2, 0.25) is 0 Å². The summed E-state index contributed by atoms with van der Waals surface area (Å²) in [7, 11) is 1.68. The van der Waals surface area contributed by atoms with E-state index in [0.717, 1.165) is 44.5 Å². The van der Waals surface area contributed by atoms with Gasteiger partial charge in [0.25, 0.3) is 0 Å². The molecule has 2 N–H and O–H groups in total. The summed E-state index contributed by atoms with van der Waals surface area (Å²) in [6.07, 6.45) is 4.27. The molecule has 116 valence electrons. The van der Waals surface area contributed by atoms with Crippen molar-refractivity contribution in [1.29, 1.82) is 0 Å². The van der Waals surface area contributed by atoms with Gasteiger partial charge in [0, 0.05) is 25.0 Å². The maximum Gasteiger partial charge on any atom is 0.223 e. The van der Waals surface area contributed by atoms with Crippen LogP contribution in [0.3, 0.4) is 0 Å². The fourth-order valence-electron chi connectivity index (χ4n) is 2.27. The van der Waals surface area contributed by atoms with Crippen LogP contribution < -0.4 is 15.4 Å². The summed E-state index contributed by atoms with van der Waals surface area (Å²) < 4.78 is 5.15. The summed E-state index contributed by atoms with van der Waals surface area (Å²) >= 11 is 0. The van der Waals surface area contributed by atoms with Crippen LogP contribution in [0.4, 0.5) is 0 Å². The first kappa shape index (κ1) is 15.8. The SMILES string of the molecule is COc1ccc(CCC(C)NCCNC(=O)C2CC2)cc1. The molecule has 1 saturated carbocycles. The van der Waals surface area contributed by atoms with Gasteiger partial charge in [-0.2, -0.15) is 0 Å². The first-order valence-electron chi connectivity index (χ1n) is 7.83. The Balaban J connectivity index is 1.55. The highest BCUT2D eigenvalue weighted by atomic mass is 16.5. The zero-order valence-corrected chi connectivity index (χ0v) is 13.0. The van der Waals surface area contributed by atoms with Gasteiger partial charge in [-0.25, -0.2) is 0 Å². The van der Waals surface area contributed by atoms with Crippen LogP contribution in [0.5, 0.6) is 5.75 Å². The number of nitrogens with one attached hydrogen (secondary N) is 2. The van der Waals surface area contributed by atoms with Gasteiger partial charge in [0.15, 0.2) is 0 Å². The average molecular weight is 290 g/mol. The van der Waals surface area contributed by atoms with Gasteiger partial charge in [-0.15, -0.1) is 0 Å². The van der Waals surface area contributed by atoms with E-state index >= 15 is 0 Å². The van der Waals surface area contributed by atoms with Gasteiger partial charge >= 0.3 is 0 Å². The van der Waals surface area contributed by atoms with Gasteiger partial charge in [-0.1, -0.05) is 12.1 Å². The van der Waals surface area contributed by atoms with E-state index in [4.69, 9.17) is 4.74 Å². The third-order valence-electron chi connectivity index (χ3n) is 3.89. The Kier molecular flexibility index (Phi) is 6.05. The Morgan fingerprint density at radius 1 is 1.29 bits per heavy atom. The van der Waals surface area contributed by atoms with Gasteiger partial charge in [0.05, 0.1) is 7.11 Å². The first-order chi connectivity index (χ1) is 10.2. The predicted octanol–water partition coefficient (Wildman–Crippen LogP) is 2.13. The van der Waals surface area contributed by atoms with Crippen molar-refractivity contribution in [3.63, 3.8) is 0 Å². The molecule has 1 atom stereocenters. The number of benzene rings is 1. The maximum atomic E-state index is 11.5. The van der Waals surface area contributed by atoms with E-state index in [2.05, 4.69) is 29.7 Å². The lowest BCUT2D eigenvalue weighted by molar-refractivity contribution is -0.122. The van der Waals surface area contributed by atoms with Crippen LogP contribution in [-0.4, -0.2) is 32.1 Å². The summed E-state index contributed by atoms with van der Waals surface area (Å²) in [5, 5.41) is 6.42. The maximum absolute atomic E-state index is 11.5. The minimum Gasteiger partial charge on any atom is -0.497 e. The molecule has 0 bridgehead atoms. The molecule has 1 aromatic carbocycles. The zero-order valence-electron chi connectivity index (χ0n) is 13.0. The molecule has 0 radical (unpaired) electrons. The minimum atomic E-state index is 0.225. The number of hydrogen-bond acceptors (Lipinski definition) is 3. The molecule has 4 nitrogen and oxygen atoms in total. The highest BCUT2D eigenvalue weighted by Crippen LogP contribution is 2.28. The number of aryl methyl sites for hydroxylation is 1. The molecule has 2 rings (SSSR count). The molecule has 1 fully saturated rings. The van der Waals surface area contributed by atoms with E-state index in [0.29, 0.717) is 12.0 Å². The van der Waals surface area contributed by atoms with E-state index in [9.17, 15) is 4.79 Å². The molecule has 1 aromatic rings. The van der Waals surface area contributed by atoms with Crippen molar-refractivity contribution in [1.82, 2.24) is 10.6 Å². The number of hydrogen-bond donors (Lipinski definition) is 2. The highest BCUT2D eigenvalue weighted by molar-refractivity contribution is 5.80. The van der Waals surface area contributed by atoms with Crippen molar-refractivity contribution in [3.05, 3.63) is 29.8 Å². The Morgan fingerprint density at radius 3 is 2.62 bits per heavy atom. The van der Waals surface area contributed by atoms with Crippen LogP contribution in [0.15, 0.2) is 24.3 Å². The quantitative estimate of drug-likeness (QED) is 0.685. The van der Waals surface area contributed by atoms with Crippen molar-refractivity contribution in [2.24, 2.45) is 5.92 Å².